The van der Waals surface area contributed by atoms with Gasteiger partial charge in [0.2, 0.25) is 5.95 Å². The Balaban J connectivity index is 1.56. The Kier molecular flexibility index (Phi) is 5.07. The highest BCUT2D eigenvalue weighted by Gasteiger charge is 2.41. The number of amides is 1. The standard InChI is InChI=1S/C21H15F6N7O/c22-20(23,24)8-33(15-5-4-13-11(15)2-6-16(30-13)21(25,26)27)18(35)10-1-3-14-12(7-10)17-32-29-9-34(17)19(28)31-14/h1-3,6-7,9,15H,4-5,8H2,(H2,28,31). The van der Waals surface area contributed by atoms with E-state index in [0.29, 0.717) is 21.9 Å². The van der Waals surface area contributed by atoms with Crippen LogP contribution >= 0.6 is 0 Å². The smallest absolute Gasteiger partial charge is 0.369 e. The van der Waals surface area contributed by atoms with E-state index in [-0.39, 0.29) is 41.3 Å². The van der Waals surface area contributed by atoms with Crippen LogP contribution in [0.15, 0.2) is 36.7 Å². The highest BCUT2D eigenvalue weighted by Crippen LogP contribution is 2.39. The molecular weight excluding hydrogens is 480 g/mol. The van der Waals surface area contributed by atoms with E-state index in [9.17, 15) is 31.1 Å². The molecule has 5 rings (SSSR count). The molecule has 0 spiro atoms. The van der Waals surface area contributed by atoms with Gasteiger partial charge in [-0.15, -0.1) is 10.2 Å². The molecule has 2 N–H and O–H groups in total. The fourth-order valence-electron chi connectivity index (χ4n) is 4.32. The number of pyridine rings is 1. The summed E-state index contributed by atoms with van der Waals surface area (Å²) in [5, 5.41) is 8.03. The average Bonchev–Trinajstić information content (AvgIpc) is 3.43. The van der Waals surface area contributed by atoms with Crippen molar-refractivity contribution in [3.05, 3.63) is 59.2 Å². The molecule has 8 nitrogen and oxygen atoms in total. The van der Waals surface area contributed by atoms with E-state index in [1.54, 1.807) is 0 Å². The largest absolute Gasteiger partial charge is 0.433 e. The number of anilines is 1. The molecule has 0 radical (unpaired) electrons. The average molecular weight is 495 g/mol. The van der Waals surface area contributed by atoms with E-state index in [0.717, 1.165) is 6.07 Å². The number of carbonyl (C=O) groups excluding carboxylic acids is 1. The molecule has 0 saturated heterocycles. The van der Waals surface area contributed by atoms with Crippen molar-refractivity contribution in [3.63, 3.8) is 0 Å². The third kappa shape index (κ3) is 4.08. The Morgan fingerprint density at radius 1 is 1.11 bits per heavy atom. The number of halogens is 6. The van der Waals surface area contributed by atoms with E-state index < -0.39 is 36.5 Å². The van der Waals surface area contributed by atoms with Gasteiger partial charge in [0.15, 0.2) is 5.65 Å². The highest BCUT2D eigenvalue weighted by atomic mass is 19.4. The van der Waals surface area contributed by atoms with Crippen molar-refractivity contribution in [3.8, 4) is 0 Å². The maximum absolute atomic E-state index is 13.5. The van der Waals surface area contributed by atoms with Crippen molar-refractivity contribution in [2.45, 2.75) is 31.2 Å². The summed E-state index contributed by atoms with van der Waals surface area (Å²) in [7, 11) is 0. The van der Waals surface area contributed by atoms with Crippen molar-refractivity contribution >= 4 is 28.4 Å². The van der Waals surface area contributed by atoms with Gasteiger partial charge in [-0.2, -0.15) is 26.3 Å². The molecule has 14 heteroatoms. The Morgan fingerprint density at radius 3 is 2.60 bits per heavy atom. The molecule has 0 saturated carbocycles. The molecular formula is C21H15F6N7O. The number of alkyl halides is 6. The second-order valence-corrected chi connectivity index (χ2v) is 8.06. The van der Waals surface area contributed by atoms with Crippen LogP contribution in [0.3, 0.4) is 0 Å². The molecule has 182 valence electrons. The van der Waals surface area contributed by atoms with Gasteiger partial charge >= 0.3 is 12.4 Å². The predicted molar refractivity (Wildman–Crippen MR) is 110 cm³/mol. The summed E-state index contributed by atoms with van der Waals surface area (Å²) in [5.74, 6) is -0.861. The van der Waals surface area contributed by atoms with Crippen LogP contribution in [-0.2, 0) is 12.6 Å². The Hall–Kier alpha value is -3.97. The Labute approximate surface area is 192 Å². The summed E-state index contributed by atoms with van der Waals surface area (Å²) in [6, 6.07) is 4.79. The number of benzene rings is 1. The number of aryl methyl sites for hydroxylation is 1. The van der Waals surface area contributed by atoms with Crippen LogP contribution < -0.4 is 5.73 Å². The van der Waals surface area contributed by atoms with E-state index in [1.807, 2.05) is 0 Å². The molecule has 3 aromatic heterocycles. The second kappa shape index (κ2) is 7.78. The molecule has 1 aromatic carbocycles. The van der Waals surface area contributed by atoms with Crippen LogP contribution in [0.2, 0.25) is 0 Å². The van der Waals surface area contributed by atoms with E-state index in [1.165, 1.54) is 28.9 Å². The number of nitrogens with zero attached hydrogens (tertiary/aromatic N) is 6. The number of hydrogen-bond donors (Lipinski definition) is 1. The van der Waals surface area contributed by atoms with Gasteiger partial charge < -0.3 is 10.6 Å². The van der Waals surface area contributed by atoms with Gasteiger partial charge in [-0.05, 0) is 42.7 Å². The van der Waals surface area contributed by atoms with Crippen molar-refractivity contribution in [2.75, 3.05) is 12.3 Å². The molecule has 1 unspecified atom stereocenters. The zero-order valence-corrected chi connectivity index (χ0v) is 17.6. The number of carbonyl (C=O) groups is 1. The maximum Gasteiger partial charge on any atom is 0.433 e. The lowest BCUT2D eigenvalue weighted by molar-refractivity contribution is -0.144. The summed E-state index contributed by atoms with van der Waals surface area (Å²) in [5.41, 5.74) is 5.43. The first-order valence-electron chi connectivity index (χ1n) is 10.3. The Morgan fingerprint density at radius 2 is 1.89 bits per heavy atom. The minimum atomic E-state index is -4.75. The number of fused-ring (bicyclic) bond motifs is 4. The molecule has 4 aromatic rings. The topological polar surface area (TPSA) is 102 Å². The molecule has 0 bridgehead atoms. The quantitative estimate of drug-likeness (QED) is 0.432. The molecule has 3 heterocycles. The van der Waals surface area contributed by atoms with Crippen LogP contribution in [0.1, 0.15) is 39.8 Å². The molecule has 1 amide bonds. The van der Waals surface area contributed by atoms with Crippen LogP contribution in [0.25, 0.3) is 16.6 Å². The maximum atomic E-state index is 13.5. The molecule has 35 heavy (non-hydrogen) atoms. The molecule has 1 aliphatic carbocycles. The SMILES string of the molecule is Nc1nc2ccc(C(=O)N(CC(F)(F)F)C3CCc4nc(C(F)(F)F)ccc43)cc2c2nncn12. The number of aromatic nitrogens is 5. The van der Waals surface area contributed by atoms with Gasteiger partial charge in [-0.3, -0.25) is 9.20 Å². The molecule has 0 fully saturated rings. The van der Waals surface area contributed by atoms with Crippen LogP contribution in [0, 0.1) is 0 Å². The van der Waals surface area contributed by atoms with Gasteiger partial charge in [0, 0.05) is 16.6 Å². The fourth-order valence-corrected chi connectivity index (χ4v) is 4.32. The lowest BCUT2D eigenvalue weighted by atomic mass is 10.1. The second-order valence-electron chi connectivity index (χ2n) is 8.06. The fraction of sp³-hybridized carbons (Fsp3) is 0.286. The number of rotatable bonds is 3. The van der Waals surface area contributed by atoms with E-state index >= 15 is 0 Å². The third-order valence-electron chi connectivity index (χ3n) is 5.81. The molecule has 1 atom stereocenters. The van der Waals surface area contributed by atoms with Crippen molar-refractivity contribution < 1.29 is 31.1 Å². The first kappa shape index (κ1) is 22.8. The molecule has 1 aliphatic rings. The Bertz CT molecular complexity index is 1460. The number of nitrogen functional groups attached to an aromatic ring is 1. The van der Waals surface area contributed by atoms with Gasteiger partial charge in [-0.1, -0.05) is 6.07 Å². The zero-order valence-electron chi connectivity index (χ0n) is 17.6. The lowest BCUT2D eigenvalue weighted by Crippen LogP contribution is -2.41. The minimum absolute atomic E-state index is 0.00551. The number of nitrogens with two attached hydrogens (primary N) is 1. The molecule has 0 aliphatic heterocycles. The first-order valence-corrected chi connectivity index (χ1v) is 10.3. The monoisotopic (exact) mass is 495 g/mol. The highest BCUT2D eigenvalue weighted by molar-refractivity contribution is 6.01. The lowest BCUT2D eigenvalue weighted by Gasteiger charge is -2.30. The van der Waals surface area contributed by atoms with Crippen LogP contribution in [0.5, 0.6) is 0 Å². The summed E-state index contributed by atoms with van der Waals surface area (Å²) >= 11 is 0. The third-order valence-corrected chi connectivity index (χ3v) is 5.81. The number of hydrogen-bond acceptors (Lipinski definition) is 6. The van der Waals surface area contributed by atoms with Crippen molar-refractivity contribution in [2.24, 2.45) is 0 Å². The summed E-state index contributed by atoms with van der Waals surface area (Å²) in [6.07, 6.45) is -8.12. The van der Waals surface area contributed by atoms with Crippen LogP contribution in [-0.4, -0.2) is 48.1 Å². The van der Waals surface area contributed by atoms with Gasteiger partial charge in [0.1, 0.15) is 18.6 Å². The van der Waals surface area contributed by atoms with Crippen molar-refractivity contribution in [1.29, 1.82) is 0 Å². The summed E-state index contributed by atoms with van der Waals surface area (Å²) < 4.78 is 80.9. The van der Waals surface area contributed by atoms with Gasteiger partial charge in [-0.25, -0.2) is 9.97 Å². The summed E-state index contributed by atoms with van der Waals surface area (Å²) in [4.78, 5) is 21.7. The minimum Gasteiger partial charge on any atom is -0.369 e. The first-order chi connectivity index (χ1) is 16.4. The van der Waals surface area contributed by atoms with Crippen LogP contribution in [0.4, 0.5) is 32.3 Å². The van der Waals surface area contributed by atoms with E-state index in [4.69, 9.17) is 5.73 Å². The van der Waals surface area contributed by atoms with E-state index in [2.05, 4.69) is 20.2 Å². The van der Waals surface area contributed by atoms with Gasteiger partial charge in [0.25, 0.3) is 5.91 Å². The normalized spacial score (nSPS) is 16.1. The van der Waals surface area contributed by atoms with Gasteiger partial charge in [0.05, 0.1) is 11.6 Å². The zero-order chi connectivity index (χ0) is 25.1. The summed E-state index contributed by atoms with van der Waals surface area (Å²) in [6.45, 7) is -1.59. The van der Waals surface area contributed by atoms with Crippen molar-refractivity contribution in [1.82, 2.24) is 29.5 Å². The predicted octanol–water partition coefficient (Wildman–Crippen LogP) is 3.97.